The lowest BCUT2D eigenvalue weighted by Gasteiger charge is -2.27. The molecular weight excluding hydrogens is 180 g/mol. The highest BCUT2D eigenvalue weighted by molar-refractivity contribution is 4.73. The third kappa shape index (κ3) is 4.94. The lowest BCUT2D eigenvalue weighted by Crippen LogP contribution is -2.28. The van der Waals surface area contributed by atoms with Crippen molar-refractivity contribution >= 4 is 0 Å². The van der Waals surface area contributed by atoms with Gasteiger partial charge in [0.25, 0.3) is 0 Å². The van der Waals surface area contributed by atoms with Crippen LogP contribution in [0.4, 0.5) is 0 Å². The van der Waals surface area contributed by atoms with Gasteiger partial charge in [-0.3, -0.25) is 0 Å². The zero-order valence-electron chi connectivity index (χ0n) is 9.57. The minimum absolute atomic E-state index is 0.152. The summed E-state index contributed by atoms with van der Waals surface area (Å²) in [5, 5.41) is 18.8. The van der Waals surface area contributed by atoms with Crippen LogP contribution in [0.1, 0.15) is 33.1 Å². The number of aliphatic hydroxyl groups is 2. The first-order chi connectivity index (χ1) is 6.67. The van der Waals surface area contributed by atoms with Crippen molar-refractivity contribution < 1.29 is 14.9 Å². The number of hydrogen-bond acceptors (Lipinski definition) is 3. The van der Waals surface area contributed by atoms with Gasteiger partial charge in [0.05, 0.1) is 6.10 Å². The Balaban J connectivity index is 4.03. The maximum Gasteiger partial charge on any atom is 0.0593 e. The minimum atomic E-state index is -0.350. The molecule has 0 aromatic heterocycles. The van der Waals surface area contributed by atoms with Crippen molar-refractivity contribution in [2.45, 2.75) is 39.2 Å². The molecule has 3 atom stereocenters. The van der Waals surface area contributed by atoms with Gasteiger partial charge in [0.15, 0.2) is 0 Å². The topological polar surface area (TPSA) is 49.7 Å². The van der Waals surface area contributed by atoms with Crippen molar-refractivity contribution in [1.82, 2.24) is 0 Å². The molecule has 0 heterocycles. The lowest BCUT2D eigenvalue weighted by molar-refractivity contribution is 0.0316. The Morgan fingerprint density at radius 1 is 1.29 bits per heavy atom. The van der Waals surface area contributed by atoms with Gasteiger partial charge in [-0.05, 0) is 24.7 Å². The first-order valence-electron chi connectivity index (χ1n) is 5.45. The Labute approximate surface area is 87.1 Å². The molecule has 0 aliphatic heterocycles. The third-order valence-electron chi connectivity index (χ3n) is 2.95. The molecule has 0 aliphatic carbocycles. The summed E-state index contributed by atoms with van der Waals surface area (Å²) in [6.45, 7) is 4.97. The van der Waals surface area contributed by atoms with Gasteiger partial charge >= 0.3 is 0 Å². The zero-order chi connectivity index (χ0) is 11.0. The molecule has 0 radical (unpaired) electrons. The second-order valence-corrected chi connectivity index (χ2v) is 3.91. The van der Waals surface area contributed by atoms with Crippen LogP contribution in [0.5, 0.6) is 0 Å². The Morgan fingerprint density at radius 3 is 2.36 bits per heavy atom. The molecular formula is C11H24O3. The molecule has 14 heavy (non-hydrogen) atoms. The van der Waals surface area contributed by atoms with Gasteiger partial charge in [-0.15, -0.1) is 0 Å². The van der Waals surface area contributed by atoms with Crippen LogP contribution >= 0.6 is 0 Å². The average molecular weight is 204 g/mol. The Bertz CT molecular complexity index is 128. The van der Waals surface area contributed by atoms with Crippen molar-refractivity contribution in [2.75, 3.05) is 20.3 Å². The molecule has 86 valence electrons. The van der Waals surface area contributed by atoms with Gasteiger partial charge in [0.1, 0.15) is 0 Å². The second kappa shape index (κ2) is 8.21. The van der Waals surface area contributed by atoms with E-state index in [9.17, 15) is 5.11 Å². The molecule has 0 saturated heterocycles. The lowest BCUT2D eigenvalue weighted by atomic mass is 9.83. The molecule has 0 rings (SSSR count). The number of hydrogen-bond donors (Lipinski definition) is 2. The number of rotatable bonds is 8. The van der Waals surface area contributed by atoms with Crippen LogP contribution < -0.4 is 0 Å². The zero-order valence-corrected chi connectivity index (χ0v) is 9.57. The van der Waals surface area contributed by atoms with E-state index in [4.69, 9.17) is 9.84 Å². The summed E-state index contributed by atoms with van der Waals surface area (Å²) in [5.74, 6) is 0.647. The van der Waals surface area contributed by atoms with E-state index in [1.807, 2.05) is 0 Å². The SMILES string of the molecule is CCC(C)[C@H](CCO)C(O)CCOC. The predicted octanol–water partition coefficient (Wildman–Crippen LogP) is 1.43. The van der Waals surface area contributed by atoms with Gasteiger partial charge in [-0.25, -0.2) is 0 Å². The molecule has 0 spiro atoms. The highest BCUT2D eigenvalue weighted by atomic mass is 16.5. The van der Waals surface area contributed by atoms with Gasteiger partial charge in [-0.1, -0.05) is 20.3 Å². The molecule has 2 unspecified atom stereocenters. The smallest absolute Gasteiger partial charge is 0.0593 e. The molecule has 0 amide bonds. The number of methoxy groups -OCH3 is 1. The second-order valence-electron chi connectivity index (χ2n) is 3.91. The van der Waals surface area contributed by atoms with Gasteiger partial charge < -0.3 is 14.9 Å². The van der Waals surface area contributed by atoms with Crippen molar-refractivity contribution in [2.24, 2.45) is 11.8 Å². The van der Waals surface area contributed by atoms with Gasteiger partial charge in [0.2, 0.25) is 0 Å². The van der Waals surface area contributed by atoms with Crippen molar-refractivity contribution in [1.29, 1.82) is 0 Å². The number of aliphatic hydroxyl groups excluding tert-OH is 2. The van der Waals surface area contributed by atoms with Crippen LogP contribution in [0.3, 0.4) is 0 Å². The fourth-order valence-corrected chi connectivity index (χ4v) is 1.76. The van der Waals surface area contributed by atoms with E-state index in [1.54, 1.807) is 7.11 Å². The fourth-order valence-electron chi connectivity index (χ4n) is 1.76. The summed E-state index contributed by atoms with van der Waals surface area (Å²) in [5.41, 5.74) is 0. The molecule has 0 bridgehead atoms. The fraction of sp³-hybridized carbons (Fsp3) is 1.00. The summed E-state index contributed by atoms with van der Waals surface area (Å²) in [6, 6.07) is 0. The van der Waals surface area contributed by atoms with Crippen LogP contribution in [0.25, 0.3) is 0 Å². The van der Waals surface area contributed by atoms with Gasteiger partial charge in [-0.2, -0.15) is 0 Å². The molecule has 0 fully saturated rings. The minimum Gasteiger partial charge on any atom is -0.396 e. The maximum atomic E-state index is 9.88. The van der Waals surface area contributed by atoms with E-state index in [1.165, 1.54) is 0 Å². The average Bonchev–Trinajstić information content (AvgIpc) is 2.21. The highest BCUT2D eigenvalue weighted by Crippen LogP contribution is 2.24. The predicted molar refractivity (Wildman–Crippen MR) is 57.1 cm³/mol. The van der Waals surface area contributed by atoms with Crippen LogP contribution in [0, 0.1) is 11.8 Å². The summed E-state index contributed by atoms with van der Waals surface area (Å²) in [6.07, 6.45) is 2.03. The standard InChI is InChI=1S/C11H24O3/c1-4-9(2)10(5-7-12)11(13)6-8-14-3/h9-13H,4-8H2,1-3H3/t9?,10-,11?/m0/s1. The van der Waals surface area contributed by atoms with Crippen LogP contribution in [-0.4, -0.2) is 36.6 Å². The normalized spacial score (nSPS) is 17.8. The molecule has 0 saturated carbocycles. The summed E-state index contributed by atoms with van der Waals surface area (Å²) in [4.78, 5) is 0. The highest BCUT2D eigenvalue weighted by Gasteiger charge is 2.23. The van der Waals surface area contributed by atoms with Gasteiger partial charge in [0, 0.05) is 20.3 Å². The largest absolute Gasteiger partial charge is 0.396 e. The Morgan fingerprint density at radius 2 is 1.93 bits per heavy atom. The Hall–Kier alpha value is -0.120. The number of ether oxygens (including phenoxy) is 1. The van der Waals surface area contributed by atoms with E-state index in [-0.39, 0.29) is 18.6 Å². The van der Waals surface area contributed by atoms with E-state index < -0.39 is 0 Å². The first-order valence-corrected chi connectivity index (χ1v) is 5.45. The van der Waals surface area contributed by atoms with E-state index >= 15 is 0 Å². The molecule has 3 nitrogen and oxygen atoms in total. The quantitative estimate of drug-likeness (QED) is 0.629. The molecule has 0 aromatic rings. The molecule has 0 aromatic carbocycles. The first kappa shape index (κ1) is 13.9. The monoisotopic (exact) mass is 204 g/mol. The van der Waals surface area contributed by atoms with Crippen LogP contribution in [0.15, 0.2) is 0 Å². The summed E-state index contributed by atoms with van der Waals surface area (Å²) < 4.78 is 4.93. The van der Waals surface area contributed by atoms with Crippen molar-refractivity contribution in [3.63, 3.8) is 0 Å². The molecule has 2 N–H and O–H groups in total. The summed E-state index contributed by atoms with van der Waals surface area (Å²) in [7, 11) is 1.64. The molecule has 0 aliphatic rings. The van der Waals surface area contributed by atoms with E-state index in [2.05, 4.69) is 13.8 Å². The maximum absolute atomic E-state index is 9.88. The van der Waals surface area contributed by atoms with E-state index in [0.29, 0.717) is 25.4 Å². The third-order valence-corrected chi connectivity index (χ3v) is 2.95. The van der Waals surface area contributed by atoms with E-state index in [0.717, 1.165) is 6.42 Å². The summed E-state index contributed by atoms with van der Waals surface area (Å²) >= 11 is 0. The Kier molecular flexibility index (Phi) is 8.14. The van der Waals surface area contributed by atoms with Crippen LogP contribution in [0.2, 0.25) is 0 Å². The van der Waals surface area contributed by atoms with Crippen molar-refractivity contribution in [3.8, 4) is 0 Å². The van der Waals surface area contributed by atoms with Crippen molar-refractivity contribution in [3.05, 3.63) is 0 Å². The molecule has 3 heteroatoms. The van der Waals surface area contributed by atoms with Crippen LogP contribution in [-0.2, 0) is 4.74 Å².